The Hall–Kier alpha value is -7.31. The van der Waals surface area contributed by atoms with Gasteiger partial charge in [-0.1, -0.05) is 44.9 Å². The van der Waals surface area contributed by atoms with Crippen molar-refractivity contribution in [1.82, 2.24) is 34.2 Å². The summed E-state index contributed by atoms with van der Waals surface area (Å²) in [5, 5.41) is 17.4. The van der Waals surface area contributed by atoms with E-state index >= 15 is 0 Å². The number of hydrogen-bond donors (Lipinski definition) is 0. The maximum Gasteiger partial charge on any atom is 0.261 e. The molecule has 24 heteroatoms. The van der Waals surface area contributed by atoms with Gasteiger partial charge in [-0.3, -0.25) is 39.5 Å². The van der Waals surface area contributed by atoms with Crippen molar-refractivity contribution >= 4 is 52.9 Å². The Kier molecular flexibility index (Phi) is 19.1. The third-order valence-corrected chi connectivity index (χ3v) is 17.6. The molecule has 5 heterocycles. The van der Waals surface area contributed by atoms with E-state index in [1.807, 2.05) is 29.4 Å². The van der Waals surface area contributed by atoms with E-state index in [0.29, 0.717) is 48.0 Å². The fourth-order valence-electron chi connectivity index (χ4n) is 9.72. The highest BCUT2D eigenvalue weighted by molar-refractivity contribution is 8.13. The maximum absolute atomic E-state index is 14.0. The van der Waals surface area contributed by atoms with Crippen molar-refractivity contribution < 1.29 is 44.0 Å². The first kappa shape index (κ1) is 57.9. The van der Waals surface area contributed by atoms with Crippen LogP contribution < -0.4 is 9.80 Å². The van der Waals surface area contributed by atoms with Gasteiger partial charge in [0.25, 0.3) is 9.05 Å². The highest BCUT2D eigenvalue weighted by atomic mass is 35.7. The van der Waals surface area contributed by atoms with Crippen molar-refractivity contribution in [3.8, 4) is 12.1 Å². The quantitative estimate of drug-likeness (QED) is 0.0773. The van der Waals surface area contributed by atoms with Gasteiger partial charge in [0, 0.05) is 59.8 Å². The van der Waals surface area contributed by atoms with Crippen LogP contribution >= 0.6 is 10.7 Å². The zero-order valence-corrected chi connectivity index (χ0v) is 45.0. The molecule has 4 fully saturated rings. The van der Waals surface area contributed by atoms with Crippen LogP contribution in [0.2, 0.25) is 0 Å². The van der Waals surface area contributed by atoms with Crippen LogP contribution in [-0.2, 0) is 41.8 Å². The highest BCUT2D eigenvalue weighted by Crippen LogP contribution is 2.35. The van der Waals surface area contributed by atoms with Gasteiger partial charge in [-0.05, 0) is 93.5 Å². The van der Waals surface area contributed by atoms with Crippen molar-refractivity contribution in [3.63, 3.8) is 0 Å². The number of rotatable bonds is 13. The number of benzene rings is 2. The smallest absolute Gasteiger partial charge is 0.261 e. The SMILES string of the molecule is N#Cc1cc(S(=O)(=O)Cl)cc(F)c1F.N#Cc1cc(S(=O)(=O)N2CC[C@@H]2C(=O)N(Cc2cnc(C3CCCCC3)cn2)c2cccnc2)cc(F)c1F.O=C(C1CCC1)N(Cc1cnc(C2CCCCC2)cn1)c1cccnc1. The van der Waals surface area contributed by atoms with E-state index in [1.54, 1.807) is 43.1 Å². The van der Waals surface area contributed by atoms with Crippen LogP contribution in [0.4, 0.5) is 28.9 Å². The van der Waals surface area contributed by atoms with E-state index in [4.69, 9.17) is 21.2 Å². The number of hydrogen-bond acceptors (Lipinski definition) is 14. The molecule has 0 spiro atoms. The number of carbonyl (C=O) groups is 2. The molecule has 0 unspecified atom stereocenters. The van der Waals surface area contributed by atoms with Crippen molar-refractivity contribution in [2.75, 3.05) is 16.3 Å². The first-order valence-corrected chi connectivity index (χ1v) is 29.5. The van der Waals surface area contributed by atoms with Crippen LogP contribution in [0, 0.1) is 51.8 Å². The van der Waals surface area contributed by atoms with Crippen LogP contribution in [0.1, 0.15) is 136 Å². The third-order valence-electron chi connectivity index (χ3n) is 14.4. The summed E-state index contributed by atoms with van der Waals surface area (Å²) < 4.78 is 102. The van der Waals surface area contributed by atoms with Crippen LogP contribution in [0.3, 0.4) is 0 Å². The first-order valence-electron chi connectivity index (χ1n) is 25.8. The maximum atomic E-state index is 14.0. The molecule has 1 aliphatic heterocycles. The van der Waals surface area contributed by atoms with Gasteiger partial charge in [0.2, 0.25) is 21.8 Å². The highest BCUT2D eigenvalue weighted by Gasteiger charge is 2.45. The molecule has 10 rings (SSSR count). The standard InChI is InChI=1S/C27H26F2N6O3S.C21H26N4O.C7H2ClF2NO2S/c28-23-12-22(11-19(13-30)26(23)29)39(37,38)35-10-8-25(35)27(36)34(21-7-4-9-31-15-21)17-20-14-33-24(16-32-20)18-5-2-1-3-6-18;26-21(17-8-4-9-17)25(19-10-5-11-22-13-19)15-18-12-24-20(14-23-18)16-6-2-1-3-7-16;8-14(12,13)5-1-4(3-11)7(10)6(9)2-5/h4,7,9,11-12,14-16,18,25H,1-3,5-6,8,10,17H2;5,10-14,16-17H,1-4,6-9,15H2;1-2H/t25-;;/m1../s1. The summed E-state index contributed by atoms with van der Waals surface area (Å²) in [5.41, 5.74) is 3.24. The molecule has 4 aliphatic rings. The Morgan fingerprint density at radius 2 is 1.06 bits per heavy atom. The van der Waals surface area contributed by atoms with Gasteiger partial charge < -0.3 is 9.80 Å². The lowest BCUT2D eigenvalue weighted by Crippen LogP contribution is -2.59. The van der Waals surface area contributed by atoms with E-state index in [-0.39, 0.29) is 31.3 Å². The molecule has 2 amide bonds. The van der Waals surface area contributed by atoms with Gasteiger partial charge in [0.05, 0.1) is 92.9 Å². The number of halogens is 5. The molecule has 1 saturated heterocycles. The molecule has 2 aromatic carbocycles. The first-order chi connectivity index (χ1) is 38.0. The molecule has 79 heavy (non-hydrogen) atoms. The second kappa shape index (κ2) is 26.1. The third kappa shape index (κ3) is 14.1. The van der Waals surface area contributed by atoms with E-state index < -0.39 is 75.2 Å². The van der Waals surface area contributed by atoms with E-state index in [0.717, 1.165) is 65.2 Å². The molecule has 17 nitrogen and oxygen atoms in total. The average molecular weight is 1140 g/mol. The largest absolute Gasteiger partial charge is 0.305 e. The fraction of sp³-hybridized carbons (Fsp3) is 0.382. The number of nitriles is 2. The lowest BCUT2D eigenvalue weighted by Gasteiger charge is -2.40. The molecule has 4 aromatic heterocycles. The molecular weight excluding hydrogens is 1090 g/mol. The second-order valence-corrected chi connectivity index (χ2v) is 24.0. The van der Waals surface area contributed by atoms with Crippen molar-refractivity contribution in [1.29, 1.82) is 10.5 Å². The Balaban J connectivity index is 0.000000176. The zero-order valence-electron chi connectivity index (χ0n) is 42.6. The Morgan fingerprint density at radius 1 is 0.595 bits per heavy atom. The zero-order chi connectivity index (χ0) is 56.3. The molecule has 1 atom stereocenters. The summed E-state index contributed by atoms with van der Waals surface area (Å²) in [5.74, 6) is -4.96. The summed E-state index contributed by atoms with van der Waals surface area (Å²) in [6.07, 6.45) is 29.1. The van der Waals surface area contributed by atoms with Crippen molar-refractivity contribution in [3.05, 3.63) is 155 Å². The summed E-state index contributed by atoms with van der Waals surface area (Å²) in [6, 6.07) is 11.2. The second-order valence-electron chi connectivity index (χ2n) is 19.5. The fourth-order valence-corrected chi connectivity index (χ4v) is 12.2. The molecule has 6 aromatic rings. The van der Waals surface area contributed by atoms with Gasteiger partial charge in [0.1, 0.15) is 18.2 Å². The lowest BCUT2D eigenvalue weighted by molar-refractivity contribution is -0.125. The van der Waals surface area contributed by atoms with E-state index in [2.05, 4.69) is 29.9 Å². The normalized spacial score (nSPS) is 17.0. The number of aromatic nitrogens is 6. The van der Waals surface area contributed by atoms with Gasteiger partial charge >= 0.3 is 0 Å². The van der Waals surface area contributed by atoms with Crippen LogP contribution in [0.15, 0.2) is 108 Å². The van der Waals surface area contributed by atoms with Gasteiger partial charge in [-0.25, -0.2) is 34.4 Å². The molecule has 3 saturated carbocycles. The predicted octanol–water partition coefficient (Wildman–Crippen LogP) is 10.1. The summed E-state index contributed by atoms with van der Waals surface area (Å²) in [4.78, 5) is 55.3. The molecule has 3 aliphatic carbocycles. The molecule has 0 bridgehead atoms. The average Bonchev–Trinajstić information content (AvgIpc) is 3.43. The molecule has 0 N–H and O–H groups in total. The van der Waals surface area contributed by atoms with Gasteiger partial charge in [-0.2, -0.15) is 14.8 Å². The number of nitrogens with zero attached hydrogens (tertiary/aromatic N) is 11. The minimum Gasteiger partial charge on any atom is -0.305 e. The van der Waals surface area contributed by atoms with Crippen LogP contribution in [0.5, 0.6) is 0 Å². The predicted molar refractivity (Wildman–Crippen MR) is 281 cm³/mol. The lowest BCUT2D eigenvalue weighted by atomic mass is 9.84. The minimum absolute atomic E-state index is 0.0103. The van der Waals surface area contributed by atoms with Crippen molar-refractivity contribution in [2.45, 2.75) is 131 Å². The topological polar surface area (TPSA) is 237 Å². The van der Waals surface area contributed by atoms with Crippen LogP contribution in [0.25, 0.3) is 0 Å². The molecular formula is C55H54ClF4N11O6S2. The van der Waals surface area contributed by atoms with E-state index in [1.165, 1.54) is 74.6 Å². The number of carbonyl (C=O) groups excluding carboxylic acids is 2. The number of anilines is 2. The van der Waals surface area contributed by atoms with Gasteiger partial charge in [0.15, 0.2) is 23.3 Å². The summed E-state index contributed by atoms with van der Waals surface area (Å²) in [6.45, 7) is 0.506. The summed E-state index contributed by atoms with van der Waals surface area (Å²) >= 11 is 0. The van der Waals surface area contributed by atoms with Crippen molar-refractivity contribution in [2.24, 2.45) is 5.92 Å². The monoisotopic (exact) mass is 1140 g/mol. The number of pyridine rings is 2. The Bertz CT molecular complexity index is 3440. The molecule has 412 valence electrons. The molecule has 0 radical (unpaired) electrons. The minimum atomic E-state index is -4.39. The Labute approximate surface area is 459 Å². The Morgan fingerprint density at radius 3 is 1.44 bits per heavy atom. The number of amides is 2. The van der Waals surface area contributed by atoms with E-state index in [9.17, 15) is 44.0 Å². The summed E-state index contributed by atoms with van der Waals surface area (Å²) in [7, 11) is -3.67. The van der Waals surface area contributed by atoms with Gasteiger partial charge in [-0.15, -0.1) is 0 Å². The number of sulfonamides is 1. The van der Waals surface area contributed by atoms with Crippen LogP contribution in [-0.4, -0.2) is 75.4 Å².